The highest BCUT2D eigenvalue weighted by molar-refractivity contribution is 7.13. The van der Waals surface area contributed by atoms with Crippen molar-refractivity contribution in [1.82, 2.24) is 0 Å². The first-order chi connectivity index (χ1) is 13.5. The van der Waals surface area contributed by atoms with Crippen molar-refractivity contribution in [2.24, 2.45) is 0 Å². The number of rotatable bonds is 7. The lowest BCUT2D eigenvalue weighted by molar-refractivity contribution is 0.0696. The zero-order valence-corrected chi connectivity index (χ0v) is 16.2. The third-order valence-corrected chi connectivity index (χ3v) is 5.04. The van der Waals surface area contributed by atoms with Crippen molar-refractivity contribution in [1.29, 1.82) is 0 Å². The molecule has 1 heterocycles. The molecule has 6 heteroatoms. The van der Waals surface area contributed by atoms with Crippen LogP contribution in [0, 0.1) is 0 Å². The molecule has 3 aromatic rings. The van der Waals surface area contributed by atoms with Crippen molar-refractivity contribution in [2.45, 2.75) is 0 Å². The van der Waals surface area contributed by atoms with Crippen molar-refractivity contribution < 1.29 is 24.2 Å². The standard InChI is InChI=1S/C22H18O5S/c1-26-19-13-16(12-17(21(19)27-2)20-4-3-11-28-20)18(23)10-7-14-5-8-15(9-6-14)22(24)25/h3-13H,1-2H3,(H,24,25). The summed E-state index contributed by atoms with van der Waals surface area (Å²) in [4.78, 5) is 24.6. The Hall–Kier alpha value is -3.38. The highest BCUT2D eigenvalue weighted by Gasteiger charge is 2.17. The van der Waals surface area contributed by atoms with E-state index in [-0.39, 0.29) is 11.3 Å². The van der Waals surface area contributed by atoms with E-state index in [0.29, 0.717) is 17.1 Å². The zero-order chi connectivity index (χ0) is 20.1. The quantitative estimate of drug-likeness (QED) is 0.450. The molecule has 0 atom stereocenters. The number of thiophene rings is 1. The molecule has 0 fully saturated rings. The number of ketones is 1. The average molecular weight is 394 g/mol. The van der Waals surface area contributed by atoms with E-state index in [9.17, 15) is 9.59 Å². The largest absolute Gasteiger partial charge is 0.493 e. The number of allylic oxidation sites excluding steroid dienone is 1. The van der Waals surface area contributed by atoms with Crippen LogP contribution in [0.4, 0.5) is 0 Å². The third kappa shape index (κ3) is 4.13. The number of methoxy groups -OCH3 is 2. The molecule has 1 aromatic heterocycles. The summed E-state index contributed by atoms with van der Waals surface area (Å²) in [5, 5.41) is 10.9. The Kier molecular flexibility index (Phi) is 5.91. The summed E-state index contributed by atoms with van der Waals surface area (Å²) in [5.74, 6) is -0.121. The summed E-state index contributed by atoms with van der Waals surface area (Å²) in [6.07, 6.45) is 3.10. The number of hydrogen-bond donors (Lipinski definition) is 1. The molecule has 28 heavy (non-hydrogen) atoms. The van der Waals surface area contributed by atoms with Gasteiger partial charge in [-0.3, -0.25) is 4.79 Å². The van der Waals surface area contributed by atoms with Gasteiger partial charge in [-0.25, -0.2) is 4.79 Å². The molecule has 0 bridgehead atoms. The Morgan fingerprint density at radius 3 is 2.32 bits per heavy atom. The minimum absolute atomic E-state index is 0.193. The molecule has 0 saturated carbocycles. The van der Waals surface area contributed by atoms with Crippen LogP contribution in [0.5, 0.6) is 11.5 Å². The molecule has 3 rings (SSSR count). The minimum Gasteiger partial charge on any atom is -0.493 e. The number of hydrogen-bond acceptors (Lipinski definition) is 5. The molecule has 142 valence electrons. The molecule has 0 spiro atoms. The van der Waals surface area contributed by atoms with E-state index in [1.54, 1.807) is 48.8 Å². The summed E-state index contributed by atoms with van der Waals surface area (Å²) in [6, 6.07) is 13.6. The monoisotopic (exact) mass is 394 g/mol. The molecular formula is C22H18O5S. The van der Waals surface area contributed by atoms with Crippen molar-refractivity contribution in [3.8, 4) is 21.9 Å². The second kappa shape index (κ2) is 8.54. The summed E-state index contributed by atoms with van der Waals surface area (Å²) in [5.41, 5.74) is 2.19. The number of aromatic carboxylic acids is 1. The number of benzene rings is 2. The second-order valence-corrected chi connectivity index (χ2v) is 6.81. The second-order valence-electron chi connectivity index (χ2n) is 5.86. The maximum absolute atomic E-state index is 12.7. The van der Waals surface area contributed by atoms with Gasteiger partial charge < -0.3 is 14.6 Å². The van der Waals surface area contributed by atoms with Crippen LogP contribution in [-0.2, 0) is 0 Å². The lowest BCUT2D eigenvalue weighted by atomic mass is 10.0. The van der Waals surface area contributed by atoms with Crippen LogP contribution in [0.1, 0.15) is 26.3 Å². The van der Waals surface area contributed by atoms with Crippen LogP contribution in [0.3, 0.4) is 0 Å². The Morgan fingerprint density at radius 2 is 1.75 bits per heavy atom. The lowest BCUT2D eigenvalue weighted by Crippen LogP contribution is -2.00. The molecular weight excluding hydrogens is 376 g/mol. The van der Waals surface area contributed by atoms with Gasteiger partial charge >= 0.3 is 5.97 Å². The van der Waals surface area contributed by atoms with Crippen molar-refractivity contribution in [3.63, 3.8) is 0 Å². The summed E-state index contributed by atoms with van der Waals surface area (Å²) in [6.45, 7) is 0. The number of carboxylic acids is 1. The Balaban J connectivity index is 1.93. The topological polar surface area (TPSA) is 72.8 Å². The normalized spacial score (nSPS) is 10.8. The Morgan fingerprint density at radius 1 is 1.00 bits per heavy atom. The highest BCUT2D eigenvalue weighted by Crippen LogP contribution is 2.41. The van der Waals surface area contributed by atoms with Gasteiger partial charge in [-0.05, 0) is 47.4 Å². The van der Waals surface area contributed by atoms with Gasteiger partial charge in [0.2, 0.25) is 0 Å². The first-order valence-corrected chi connectivity index (χ1v) is 9.27. The molecule has 0 unspecified atom stereocenters. The zero-order valence-electron chi connectivity index (χ0n) is 15.3. The fourth-order valence-electron chi connectivity index (χ4n) is 2.73. The van der Waals surface area contributed by atoms with Crippen molar-refractivity contribution in [3.05, 3.63) is 76.7 Å². The minimum atomic E-state index is -0.988. The number of carbonyl (C=O) groups excluding carboxylic acids is 1. The first kappa shape index (κ1) is 19.4. The molecule has 0 saturated heterocycles. The van der Waals surface area contributed by atoms with E-state index in [1.807, 2.05) is 17.5 Å². The van der Waals surface area contributed by atoms with E-state index in [1.165, 1.54) is 25.3 Å². The summed E-state index contributed by atoms with van der Waals surface area (Å²) >= 11 is 1.55. The van der Waals surface area contributed by atoms with Gasteiger partial charge in [0.25, 0.3) is 0 Å². The van der Waals surface area contributed by atoms with Gasteiger partial charge in [0.05, 0.1) is 19.8 Å². The molecule has 0 aliphatic rings. The highest BCUT2D eigenvalue weighted by atomic mass is 32.1. The van der Waals surface area contributed by atoms with Gasteiger partial charge in [0.15, 0.2) is 17.3 Å². The first-order valence-electron chi connectivity index (χ1n) is 8.39. The summed E-state index contributed by atoms with van der Waals surface area (Å²) < 4.78 is 10.9. The van der Waals surface area contributed by atoms with E-state index in [2.05, 4.69) is 0 Å². The number of ether oxygens (including phenoxy) is 2. The molecule has 0 amide bonds. The molecule has 5 nitrogen and oxygen atoms in total. The summed E-state index contributed by atoms with van der Waals surface area (Å²) in [7, 11) is 3.10. The number of carboxylic acid groups (broad SMARTS) is 1. The maximum Gasteiger partial charge on any atom is 0.335 e. The average Bonchev–Trinajstić information content (AvgIpc) is 3.25. The van der Waals surface area contributed by atoms with Crippen LogP contribution in [0.25, 0.3) is 16.5 Å². The fourth-order valence-corrected chi connectivity index (χ4v) is 3.47. The molecule has 0 aliphatic heterocycles. The molecule has 0 aliphatic carbocycles. The van der Waals surface area contributed by atoms with Crippen LogP contribution in [-0.4, -0.2) is 31.1 Å². The Labute approximate surface area is 166 Å². The van der Waals surface area contributed by atoms with Crippen LogP contribution in [0.2, 0.25) is 0 Å². The van der Waals surface area contributed by atoms with Gasteiger partial charge in [0.1, 0.15) is 0 Å². The molecule has 0 radical (unpaired) electrons. The van der Waals surface area contributed by atoms with E-state index in [4.69, 9.17) is 14.6 Å². The van der Waals surface area contributed by atoms with E-state index >= 15 is 0 Å². The smallest absolute Gasteiger partial charge is 0.335 e. The van der Waals surface area contributed by atoms with E-state index < -0.39 is 5.97 Å². The van der Waals surface area contributed by atoms with Crippen LogP contribution in [0.15, 0.2) is 60.0 Å². The van der Waals surface area contributed by atoms with Gasteiger partial charge in [-0.15, -0.1) is 11.3 Å². The Bertz CT molecular complexity index is 1020. The maximum atomic E-state index is 12.7. The SMILES string of the molecule is COc1cc(C(=O)C=Cc2ccc(C(=O)O)cc2)cc(-c2cccs2)c1OC. The molecule has 2 aromatic carbocycles. The van der Waals surface area contributed by atoms with Crippen molar-refractivity contribution in [2.75, 3.05) is 14.2 Å². The van der Waals surface area contributed by atoms with Gasteiger partial charge in [0, 0.05) is 16.0 Å². The number of carbonyl (C=O) groups is 2. The van der Waals surface area contributed by atoms with Crippen molar-refractivity contribution >= 4 is 29.2 Å². The van der Waals surface area contributed by atoms with Gasteiger partial charge in [-0.2, -0.15) is 0 Å². The van der Waals surface area contributed by atoms with Gasteiger partial charge in [-0.1, -0.05) is 24.3 Å². The predicted octanol–water partition coefficient (Wildman–Crippen LogP) is 5.03. The predicted molar refractivity (Wildman–Crippen MR) is 110 cm³/mol. The molecule has 1 N–H and O–H groups in total. The lowest BCUT2D eigenvalue weighted by Gasteiger charge is -2.13. The third-order valence-electron chi connectivity index (χ3n) is 4.13. The fraction of sp³-hybridized carbons (Fsp3) is 0.0909. The van der Waals surface area contributed by atoms with Crippen LogP contribution < -0.4 is 9.47 Å². The van der Waals surface area contributed by atoms with Crippen LogP contribution >= 0.6 is 11.3 Å². The van der Waals surface area contributed by atoms with E-state index in [0.717, 1.165) is 16.0 Å².